The Morgan fingerprint density at radius 2 is 2.00 bits per heavy atom. The second-order valence-electron chi connectivity index (χ2n) is 4.90. The van der Waals surface area contributed by atoms with Crippen LogP contribution in [0.3, 0.4) is 0 Å². The molecule has 0 spiro atoms. The first kappa shape index (κ1) is 12.9. The summed E-state index contributed by atoms with van der Waals surface area (Å²) in [6, 6.07) is 11.2. The van der Waals surface area contributed by atoms with E-state index in [2.05, 4.69) is 10.6 Å². The molecule has 0 atom stereocenters. The molecule has 1 aromatic heterocycles. The topological polar surface area (TPSA) is 64.4 Å². The number of carbonyl (C=O) groups is 1. The molecule has 1 aliphatic rings. The summed E-state index contributed by atoms with van der Waals surface area (Å²) >= 11 is 0. The molecule has 0 saturated heterocycles. The van der Waals surface area contributed by atoms with Crippen LogP contribution in [-0.4, -0.2) is 17.2 Å². The fraction of sp³-hybridized carbons (Fsp3) is 0.333. The zero-order valence-corrected chi connectivity index (χ0v) is 11.0. The summed E-state index contributed by atoms with van der Waals surface area (Å²) in [6.07, 6.45) is 4.41. The van der Waals surface area contributed by atoms with Crippen LogP contribution in [0.2, 0.25) is 0 Å². The predicted octanol–water partition coefficient (Wildman–Crippen LogP) is 2.95. The quantitative estimate of drug-likeness (QED) is 0.869. The molecule has 0 bridgehead atoms. The van der Waals surface area contributed by atoms with Crippen molar-refractivity contribution in [1.29, 1.82) is 0 Å². The van der Waals surface area contributed by atoms with Crippen LogP contribution < -0.4 is 5.48 Å². The van der Waals surface area contributed by atoms with E-state index in [1.807, 2.05) is 30.3 Å². The lowest BCUT2D eigenvalue weighted by atomic mass is 10.1. The molecule has 1 amide bonds. The minimum absolute atomic E-state index is 0.121. The number of rotatable bonds is 4. The average Bonchev–Trinajstić information content (AvgIpc) is 3.17. The van der Waals surface area contributed by atoms with Gasteiger partial charge in [0.15, 0.2) is 0 Å². The first-order chi connectivity index (χ1) is 9.83. The number of hydroxylamine groups is 1. The van der Waals surface area contributed by atoms with Gasteiger partial charge in [-0.2, -0.15) is 0 Å². The number of hydrogen-bond donors (Lipinski definition) is 1. The zero-order chi connectivity index (χ0) is 13.8. The fourth-order valence-corrected chi connectivity index (χ4v) is 2.32. The van der Waals surface area contributed by atoms with Gasteiger partial charge in [-0.1, -0.05) is 48.3 Å². The third-order valence-electron chi connectivity index (χ3n) is 3.42. The predicted molar refractivity (Wildman–Crippen MR) is 72.7 cm³/mol. The van der Waals surface area contributed by atoms with Crippen LogP contribution >= 0.6 is 0 Å². The molecular weight excluding hydrogens is 256 g/mol. The maximum atomic E-state index is 11.9. The van der Waals surface area contributed by atoms with Gasteiger partial charge < -0.3 is 4.52 Å². The van der Waals surface area contributed by atoms with Gasteiger partial charge in [0.1, 0.15) is 5.69 Å². The van der Waals surface area contributed by atoms with E-state index >= 15 is 0 Å². The van der Waals surface area contributed by atoms with Gasteiger partial charge >= 0.3 is 5.91 Å². The van der Waals surface area contributed by atoms with Gasteiger partial charge in [0, 0.05) is 11.6 Å². The van der Waals surface area contributed by atoms with Crippen molar-refractivity contribution in [2.45, 2.75) is 31.8 Å². The van der Waals surface area contributed by atoms with Gasteiger partial charge in [-0.05, 0) is 12.8 Å². The van der Waals surface area contributed by atoms with Crippen LogP contribution in [0.5, 0.6) is 0 Å². The molecule has 0 unspecified atom stereocenters. The summed E-state index contributed by atoms with van der Waals surface area (Å²) in [4.78, 5) is 17.2. The second kappa shape index (κ2) is 5.88. The van der Waals surface area contributed by atoms with Crippen molar-refractivity contribution < 1.29 is 14.2 Å². The van der Waals surface area contributed by atoms with Crippen molar-refractivity contribution in [3.63, 3.8) is 0 Å². The molecule has 104 valence electrons. The van der Waals surface area contributed by atoms with Gasteiger partial charge in [-0.25, -0.2) is 5.48 Å². The molecule has 3 rings (SSSR count). The number of benzene rings is 1. The largest absolute Gasteiger partial charge is 0.350 e. The summed E-state index contributed by atoms with van der Waals surface area (Å²) in [5.41, 5.74) is 3.98. The molecule has 1 aromatic carbocycles. The summed E-state index contributed by atoms with van der Waals surface area (Å²) in [7, 11) is 0. The van der Waals surface area contributed by atoms with E-state index in [0.717, 1.165) is 31.2 Å². The Hall–Kier alpha value is -2.14. The molecule has 5 heteroatoms. The zero-order valence-electron chi connectivity index (χ0n) is 11.0. The van der Waals surface area contributed by atoms with Crippen LogP contribution in [0, 0.1) is 0 Å². The maximum Gasteiger partial charge on any atom is 0.313 e. The Bertz CT molecular complexity index is 574. The van der Waals surface area contributed by atoms with Crippen molar-refractivity contribution in [2.75, 3.05) is 0 Å². The van der Waals surface area contributed by atoms with E-state index in [9.17, 15) is 4.79 Å². The number of nitrogens with zero attached hydrogens (tertiary/aromatic N) is 1. The van der Waals surface area contributed by atoms with Gasteiger partial charge in [0.2, 0.25) is 5.76 Å². The molecule has 0 radical (unpaired) electrons. The van der Waals surface area contributed by atoms with Crippen molar-refractivity contribution >= 4 is 5.91 Å². The van der Waals surface area contributed by atoms with Crippen LogP contribution in [0.4, 0.5) is 0 Å². The molecular formula is C15H16N2O3. The molecule has 1 N–H and O–H groups in total. The van der Waals surface area contributed by atoms with E-state index in [4.69, 9.17) is 9.36 Å². The molecule has 0 aliphatic heterocycles. The standard InChI is InChI=1S/C15H16N2O3/c18-15(17-19-12-8-4-5-9-12)14-10-13(16-20-14)11-6-2-1-3-7-11/h1-3,6-7,10,12H,4-5,8-9H2,(H,17,18). The second-order valence-corrected chi connectivity index (χ2v) is 4.90. The van der Waals surface area contributed by atoms with Crippen LogP contribution in [0.1, 0.15) is 36.2 Å². The number of amides is 1. The molecule has 20 heavy (non-hydrogen) atoms. The monoisotopic (exact) mass is 272 g/mol. The van der Waals surface area contributed by atoms with E-state index in [1.54, 1.807) is 6.07 Å². The Kier molecular flexibility index (Phi) is 3.78. The maximum absolute atomic E-state index is 11.9. The summed E-state index contributed by atoms with van der Waals surface area (Å²) < 4.78 is 5.05. The van der Waals surface area contributed by atoms with Gasteiger partial charge in [-0.15, -0.1) is 0 Å². The molecule has 1 saturated carbocycles. The van der Waals surface area contributed by atoms with Crippen molar-refractivity contribution in [3.05, 3.63) is 42.2 Å². The van der Waals surface area contributed by atoms with Crippen molar-refractivity contribution in [3.8, 4) is 11.3 Å². The number of carbonyl (C=O) groups excluding carboxylic acids is 1. The highest BCUT2D eigenvalue weighted by molar-refractivity contribution is 5.91. The Morgan fingerprint density at radius 1 is 1.25 bits per heavy atom. The normalized spacial score (nSPS) is 15.4. The molecule has 1 fully saturated rings. The van der Waals surface area contributed by atoms with Gasteiger partial charge in [0.05, 0.1) is 6.10 Å². The van der Waals surface area contributed by atoms with Crippen molar-refractivity contribution in [1.82, 2.24) is 10.6 Å². The fourth-order valence-electron chi connectivity index (χ4n) is 2.32. The Morgan fingerprint density at radius 3 is 2.75 bits per heavy atom. The van der Waals surface area contributed by atoms with Gasteiger partial charge in [0.25, 0.3) is 0 Å². The van der Waals surface area contributed by atoms with E-state index in [1.165, 1.54) is 0 Å². The summed E-state index contributed by atoms with van der Waals surface area (Å²) in [6.45, 7) is 0. The van der Waals surface area contributed by atoms with Crippen LogP contribution in [-0.2, 0) is 4.84 Å². The van der Waals surface area contributed by atoms with E-state index < -0.39 is 5.91 Å². The minimum Gasteiger partial charge on any atom is -0.350 e. The lowest BCUT2D eigenvalue weighted by Crippen LogP contribution is -2.27. The first-order valence-electron chi connectivity index (χ1n) is 6.81. The van der Waals surface area contributed by atoms with Crippen LogP contribution in [0.15, 0.2) is 40.9 Å². The Balaban J connectivity index is 1.62. The summed E-state index contributed by atoms with van der Waals surface area (Å²) in [5, 5.41) is 3.90. The van der Waals surface area contributed by atoms with Crippen molar-refractivity contribution in [2.24, 2.45) is 0 Å². The highest BCUT2D eigenvalue weighted by atomic mass is 16.7. The summed E-state index contributed by atoms with van der Waals surface area (Å²) in [5.74, 6) is -0.242. The highest BCUT2D eigenvalue weighted by Crippen LogP contribution is 2.21. The lowest BCUT2D eigenvalue weighted by molar-refractivity contribution is -0.0142. The third-order valence-corrected chi connectivity index (χ3v) is 3.42. The van der Waals surface area contributed by atoms with E-state index in [-0.39, 0.29) is 11.9 Å². The molecule has 1 heterocycles. The number of nitrogens with one attached hydrogen (secondary N) is 1. The number of hydrogen-bond acceptors (Lipinski definition) is 4. The smallest absolute Gasteiger partial charge is 0.313 e. The van der Waals surface area contributed by atoms with Gasteiger partial charge in [-0.3, -0.25) is 9.63 Å². The van der Waals surface area contributed by atoms with E-state index in [0.29, 0.717) is 5.69 Å². The molecule has 1 aliphatic carbocycles. The first-order valence-corrected chi connectivity index (χ1v) is 6.81. The minimum atomic E-state index is -0.397. The number of aromatic nitrogens is 1. The SMILES string of the molecule is O=C(NOC1CCCC1)c1cc(-c2ccccc2)no1. The third kappa shape index (κ3) is 2.88. The van der Waals surface area contributed by atoms with Crippen LogP contribution in [0.25, 0.3) is 11.3 Å². The average molecular weight is 272 g/mol. The Labute approximate surface area is 116 Å². The molecule has 5 nitrogen and oxygen atoms in total. The highest BCUT2D eigenvalue weighted by Gasteiger charge is 2.19. The lowest BCUT2D eigenvalue weighted by Gasteiger charge is -2.09. The molecule has 2 aromatic rings.